The SMILES string of the molecule is N#CCCNC(=O)C1CCSC1. The van der Waals surface area contributed by atoms with E-state index in [0.29, 0.717) is 13.0 Å². The zero-order valence-electron chi connectivity index (χ0n) is 6.88. The first-order valence-electron chi connectivity index (χ1n) is 4.07. The number of rotatable bonds is 3. The maximum atomic E-state index is 11.3. The van der Waals surface area contributed by atoms with Gasteiger partial charge in [-0.3, -0.25) is 4.79 Å². The van der Waals surface area contributed by atoms with E-state index in [1.165, 1.54) is 0 Å². The highest BCUT2D eigenvalue weighted by molar-refractivity contribution is 7.99. The van der Waals surface area contributed by atoms with E-state index in [0.717, 1.165) is 17.9 Å². The van der Waals surface area contributed by atoms with E-state index in [2.05, 4.69) is 5.32 Å². The highest BCUT2D eigenvalue weighted by atomic mass is 32.2. The molecule has 1 aliphatic heterocycles. The van der Waals surface area contributed by atoms with Crippen molar-refractivity contribution >= 4 is 17.7 Å². The van der Waals surface area contributed by atoms with Crippen LogP contribution in [0.5, 0.6) is 0 Å². The Balaban J connectivity index is 2.15. The van der Waals surface area contributed by atoms with Gasteiger partial charge in [0, 0.05) is 18.2 Å². The Kier molecular flexibility index (Phi) is 3.95. The number of hydrogen-bond acceptors (Lipinski definition) is 3. The molecule has 0 bridgehead atoms. The van der Waals surface area contributed by atoms with Crippen LogP contribution in [0.1, 0.15) is 12.8 Å². The first-order chi connectivity index (χ1) is 5.84. The molecule has 1 unspecified atom stereocenters. The van der Waals surface area contributed by atoms with Gasteiger partial charge in [0.05, 0.1) is 12.5 Å². The highest BCUT2D eigenvalue weighted by Crippen LogP contribution is 2.23. The molecule has 1 N–H and O–H groups in total. The smallest absolute Gasteiger partial charge is 0.224 e. The van der Waals surface area contributed by atoms with Crippen LogP contribution in [-0.2, 0) is 4.79 Å². The van der Waals surface area contributed by atoms with Crippen molar-refractivity contribution in [2.24, 2.45) is 5.92 Å². The second-order valence-corrected chi connectivity index (χ2v) is 3.91. The standard InChI is InChI=1S/C8H12N2OS/c9-3-1-4-10-8(11)7-2-5-12-6-7/h7H,1-2,4-6H2,(H,10,11). The Hall–Kier alpha value is -0.690. The summed E-state index contributed by atoms with van der Waals surface area (Å²) < 4.78 is 0. The number of carbonyl (C=O) groups excluding carboxylic acids is 1. The monoisotopic (exact) mass is 184 g/mol. The van der Waals surface area contributed by atoms with E-state index in [1.54, 1.807) is 0 Å². The molecule has 66 valence electrons. The van der Waals surface area contributed by atoms with Gasteiger partial charge in [0.15, 0.2) is 0 Å². The molecule has 3 nitrogen and oxygen atoms in total. The predicted molar refractivity (Wildman–Crippen MR) is 48.7 cm³/mol. The fourth-order valence-corrected chi connectivity index (χ4v) is 2.35. The Morgan fingerprint density at radius 2 is 2.58 bits per heavy atom. The van der Waals surface area contributed by atoms with Crippen LogP contribution >= 0.6 is 11.8 Å². The van der Waals surface area contributed by atoms with Crippen LogP contribution in [-0.4, -0.2) is 24.0 Å². The quantitative estimate of drug-likeness (QED) is 0.659. The lowest BCUT2D eigenvalue weighted by Gasteiger charge is -2.07. The van der Waals surface area contributed by atoms with Gasteiger partial charge in [-0.1, -0.05) is 0 Å². The van der Waals surface area contributed by atoms with Crippen LogP contribution in [0.25, 0.3) is 0 Å². The van der Waals surface area contributed by atoms with Gasteiger partial charge < -0.3 is 5.32 Å². The highest BCUT2D eigenvalue weighted by Gasteiger charge is 2.22. The van der Waals surface area contributed by atoms with Gasteiger partial charge in [-0.15, -0.1) is 0 Å². The van der Waals surface area contributed by atoms with Crippen LogP contribution in [0.3, 0.4) is 0 Å². The summed E-state index contributed by atoms with van der Waals surface area (Å²) in [5, 5.41) is 11.0. The number of carbonyl (C=O) groups is 1. The van der Waals surface area contributed by atoms with E-state index in [1.807, 2.05) is 17.8 Å². The van der Waals surface area contributed by atoms with Gasteiger partial charge in [-0.25, -0.2) is 0 Å². The molecule has 0 saturated carbocycles. The summed E-state index contributed by atoms with van der Waals surface area (Å²) in [5.74, 6) is 2.35. The number of nitrogens with zero attached hydrogens (tertiary/aromatic N) is 1. The summed E-state index contributed by atoms with van der Waals surface area (Å²) in [7, 11) is 0. The van der Waals surface area contributed by atoms with Crippen LogP contribution in [0.2, 0.25) is 0 Å². The van der Waals surface area contributed by atoms with E-state index in [-0.39, 0.29) is 11.8 Å². The van der Waals surface area contributed by atoms with Gasteiger partial charge in [0.25, 0.3) is 0 Å². The van der Waals surface area contributed by atoms with Crippen molar-refractivity contribution in [1.29, 1.82) is 5.26 Å². The Bertz CT molecular complexity index is 194. The van der Waals surface area contributed by atoms with Crippen molar-refractivity contribution in [3.63, 3.8) is 0 Å². The van der Waals surface area contributed by atoms with E-state index < -0.39 is 0 Å². The molecule has 0 radical (unpaired) electrons. The lowest BCUT2D eigenvalue weighted by molar-refractivity contribution is -0.124. The summed E-state index contributed by atoms with van der Waals surface area (Å²) in [4.78, 5) is 11.3. The zero-order chi connectivity index (χ0) is 8.81. The molecule has 12 heavy (non-hydrogen) atoms. The number of nitriles is 1. The minimum Gasteiger partial charge on any atom is -0.355 e. The third-order valence-electron chi connectivity index (χ3n) is 1.84. The predicted octanol–water partition coefficient (Wildman–Crippen LogP) is 0.769. The average Bonchev–Trinajstić information content (AvgIpc) is 2.56. The summed E-state index contributed by atoms with van der Waals surface area (Å²) in [6.45, 7) is 0.497. The van der Waals surface area contributed by atoms with E-state index >= 15 is 0 Å². The Morgan fingerprint density at radius 3 is 3.17 bits per heavy atom. The molecule has 4 heteroatoms. The van der Waals surface area contributed by atoms with Crippen molar-refractivity contribution in [2.45, 2.75) is 12.8 Å². The van der Waals surface area contributed by atoms with Gasteiger partial charge in [-0.2, -0.15) is 17.0 Å². The molecule has 0 aliphatic carbocycles. The van der Waals surface area contributed by atoms with Crippen molar-refractivity contribution in [2.75, 3.05) is 18.1 Å². The summed E-state index contributed by atoms with van der Waals surface area (Å²) >= 11 is 1.82. The Labute approximate surface area is 76.5 Å². The van der Waals surface area contributed by atoms with Gasteiger partial charge >= 0.3 is 0 Å². The maximum absolute atomic E-state index is 11.3. The van der Waals surface area contributed by atoms with Crippen LogP contribution in [0.4, 0.5) is 0 Å². The number of amides is 1. The average molecular weight is 184 g/mol. The molecule has 1 saturated heterocycles. The van der Waals surface area contributed by atoms with Crippen molar-refractivity contribution in [3.05, 3.63) is 0 Å². The van der Waals surface area contributed by atoms with Crippen molar-refractivity contribution in [1.82, 2.24) is 5.32 Å². The maximum Gasteiger partial charge on any atom is 0.224 e. The molecule has 1 atom stereocenters. The van der Waals surface area contributed by atoms with Gasteiger partial charge in [0.2, 0.25) is 5.91 Å². The summed E-state index contributed by atoms with van der Waals surface area (Å²) in [6, 6.07) is 1.99. The molecular formula is C8H12N2OS. The van der Waals surface area contributed by atoms with E-state index in [4.69, 9.17) is 5.26 Å². The van der Waals surface area contributed by atoms with E-state index in [9.17, 15) is 4.79 Å². The number of nitrogens with one attached hydrogen (secondary N) is 1. The fraction of sp³-hybridized carbons (Fsp3) is 0.750. The summed E-state index contributed by atoms with van der Waals surface area (Å²) in [6.07, 6.45) is 1.40. The van der Waals surface area contributed by atoms with Gasteiger partial charge in [-0.05, 0) is 12.2 Å². The first-order valence-corrected chi connectivity index (χ1v) is 5.22. The second-order valence-electron chi connectivity index (χ2n) is 2.76. The first kappa shape index (κ1) is 9.40. The van der Waals surface area contributed by atoms with Crippen molar-refractivity contribution < 1.29 is 4.79 Å². The molecule has 0 aromatic heterocycles. The fourth-order valence-electron chi connectivity index (χ4n) is 1.13. The lowest BCUT2D eigenvalue weighted by atomic mass is 10.1. The molecule has 1 fully saturated rings. The Morgan fingerprint density at radius 1 is 1.75 bits per heavy atom. The van der Waals surface area contributed by atoms with Crippen LogP contribution < -0.4 is 5.32 Å². The molecule has 1 amide bonds. The molecule has 0 spiro atoms. The molecule has 0 aromatic rings. The second kappa shape index (κ2) is 5.04. The number of thioether (sulfide) groups is 1. The summed E-state index contributed by atoms with van der Waals surface area (Å²) in [5.41, 5.74) is 0. The molecule has 1 heterocycles. The molecule has 1 rings (SSSR count). The third kappa shape index (κ3) is 2.74. The molecule has 1 aliphatic rings. The zero-order valence-corrected chi connectivity index (χ0v) is 7.69. The minimum absolute atomic E-state index is 0.121. The lowest BCUT2D eigenvalue weighted by Crippen LogP contribution is -2.31. The van der Waals surface area contributed by atoms with Crippen molar-refractivity contribution in [3.8, 4) is 6.07 Å². The molecular weight excluding hydrogens is 172 g/mol. The van der Waals surface area contributed by atoms with Crippen LogP contribution in [0.15, 0.2) is 0 Å². The normalized spacial score (nSPS) is 21.8. The van der Waals surface area contributed by atoms with Crippen LogP contribution in [0, 0.1) is 17.2 Å². The number of hydrogen-bond donors (Lipinski definition) is 1. The van der Waals surface area contributed by atoms with Gasteiger partial charge in [0.1, 0.15) is 0 Å². The minimum atomic E-state index is 0.121. The topological polar surface area (TPSA) is 52.9 Å². The largest absolute Gasteiger partial charge is 0.355 e. The molecule has 0 aromatic carbocycles. The third-order valence-corrected chi connectivity index (χ3v) is 3.00.